The molecule has 0 aliphatic carbocycles. The Labute approximate surface area is 147 Å². The number of carboxylic acid groups (broad SMARTS) is 1. The zero-order chi connectivity index (χ0) is 17.0. The number of nitrogens with two attached hydrogens (primary N) is 1. The van der Waals surface area contributed by atoms with E-state index in [0.717, 1.165) is 11.8 Å². The number of nitrogens with zero attached hydrogens (tertiary/aromatic N) is 3. The van der Waals surface area contributed by atoms with Gasteiger partial charge in [0.25, 0.3) is 0 Å². The lowest BCUT2D eigenvalue weighted by molar-refractivity contribution is -0.133. The van der Waals surface area contributed by atoms with Crippen LogP contribution in [0.15, 0.2) is 28.3 Å². The number of benzene rings is 1. The minimum Gasteiger partial charge on any atom is -0.481 e. The minimum absolute atomic E-state index is 0.104. The Morgan fingerprint density at radius 2 is 2.13 bits per heavy atom. The summed E-state index contributed by atoms with van der Waals surface area (Å²) in [6, 6.07) is 5.24. The maximum atomic E-state index is 10.9. The number of halogens is 2. The fourth-order valence-corrected chi connectivity index (χ4v) is 3.41. The second-order valence-electron chi connectivity index (χ2n) is 4.62. The lowest BCUT2D eigenvalue weighted by Crippen LogP contribution is -2.07. The maximum Gasteiger partial charge on any atom is 0.313 e. The van der Waals surface area contributed by atoms with E-state index in [1.54, 1.807) is 29.8 Å². The van der Waals surface area contributed by atoms with Crippen LogP contribution < -0.4 is 5.84 Å². The molecule has 0 saturated carbocycles. The largest absolute Gasteiger partial charge is 0.481 e. The summed E-state index contributed by atoms with van der Waals surface area (Å²) < 4.78 is 1.66. The predicted octanol–water partition coefficient (Wildman–Crippen LogP) is 3.02. The average molecular weight is 373 g/mol. The number of hydrogen-bond donors (Lipinski definition) is 2. The number of aliphatic carboxylic acids is 1. The molecule has 9 heteroatoms. The average Bonchev–Trinajstić information content (AvgIpc) is 2.77. The van der Waals surface area contributed by atoms with Crippen molar-refractivity contribution in [3.8, 4) is 0 Å². The first-order valence-electron chi connectivity index (χ1n) is 6.52. The van der Waals surface area contributed by atoms with E-state index in [1.807, 2.05) is 0 Å². The van der Waals surface area contributed by atoms with Gasteiger partial charge < -0.3 is 10.9 Å². The van der Waals surface area contributed by atoms with Gasteiger partial charge in [0.05, 0.1) is 24.2 Å². The molecule has 0 bridgehead atoms. The third-order valence-corrected chi connectivity index (χ3v) is 4.83. The van der Waals surface area contributed by atoms with Crippen LogP contribution in [0.3, 0.4) is 0 Å². The number of thioether (sulfide) groups is 1. The van der Waals surface area contributed by atoms with Gasteiger partial charge in [0.15, 0.2) is 0 Å². The van der Waals surface area contributed by atoms with E-state index in [0.29, 0.717) is 38.4 Å². The fourth-order valence-electron chi connectivity index (χ4n) is 2.02. The van der Waals surface area contributed by atoms with Crippen molar-refractivity contribution in [2.24, 2.45) is 10.9 Å². The first kappa shape index (κ1) is 17.7. The maximum absolute atomic E-state index is 10.9. The molecule has 0 atom stereocenters. The monoisotopic (exact) mass is 372 g/mol. The Morgan fingerprint density at radius 1 is 1.48 bits per heavy atom. The van der Waals surface area contributed by atoms with Gasteiger partial charge in [-0.2, -0.15) is 10.2 Å². The summed E-state index contributed by atoms with van der Waals surface area (Å²) in [6.07, 6.45) is 1.46. The molecule has 0 saturated heterocycles. The zero-order valence-electron chi connectivity index (χ0n) is 12.2. The smallest absolute Gasteiger partial charge is 0.313 e. The number of aromatic nitrogens is 2. The van der Waals surface area contributed by atoms with Crippen molar-refractivity contribution in [2.75, 3.05) is 5.75 Å². The predicted molar refractivity (Wildman–Crippen MR) is 92.7 cm³/mol. The number of rotatable bonds is 6. The van der Waals surface area contributed by atoms with Crippen LogP contribution in [0.25, 0.3) is 0 Å². The Hall–Kier alpha value is -1.70. The molecule has 0 amide bonds. The van der Waals surface area contributed by atoms with Crippen molar-refractivity contribution in [1.82, 2.24) is 9.78 Å². The van der Waals surface area contributed by atoms with E-state index < -0.39 is 5.97 Å². The Morgan fingerprint density at radius 3 is 2.70 bits per heavy atom. The summed E-state index contributed by atoms with van der Waals surface area (Å²) in [7, 11) is 0. The van der Waals surface area contributed by atoms with Crippen LogP contribution in [-0.2, 0) is 11.3 Å². The number of carbonyl (C=O) groups is 1. The Bertz CT molecular complexity index is 741. The zero-order valence-corrected chi connectivity index (χ0v) is 14.5. The van der Waals surface area contributed by atoms with Crippen molar-refractivity contribution < 1.29 is 9.90 Å². The fraction of sp³-hybridized carbons (Fsp3) is 0.214. The van der Waals surface area contributed by atoms with Crippen molar-refractivity contribution in [3.05, 3.63) is 45.1 Å². The second kappa shape index (κ2) is 7.72. The molecule has 0 unspecified atom stereocenters. The van der Waals surface area contributed by atoms with Crippen LogP contribution in [0.5, 0.6) is 0 Å². The number of hydrazone groups is 1. The number of hydrogen-bond acceptors (Lipinski definition) is 5. The van der Waals surface area contributed by atoms with Gasteiger partial charge in [-0.3, -0.25) is 9.48 Å². The van der Waals surface area contributed by atoms with Crippen molar-refractivity contribution >= 4 is 47.1 Å². The topological polar surface area (TPSA) is 93.5 Å². The van der Waals surface area contributed by atoms with E-state index >= 15 is 0 Å². The van der Waals surface area contributed by atoms with Gasteiger partial charge in [-0.1, -0.05) is 41.0 Å². The number of carboxylic acids is 1. The molecule has 1 heterocycles. The molecule has 0 fully saturated rings. The molecule has 2 rings (SSSR count). The molecule has 0 aliphatic rings. The summed E-state index contributed by atoms with van der Waals surface area (Å²) in [6.45, 7) is 2.12. The Balaban J connectivity index is 2.45. The van der Waals surface area contributed by atoms with Gasteiger partial charge in [-0.25, -0.2) is 0 Å². The summed E-state index contributed by atoms with van der Waals surface area (Å²) in [4.78, 5) is 10.9. The highest BCUT2D eigenvalue weighted by atomic mass is 35.5. The van der Waals surface area contributed by atoms with Crippen molar-refractivity contribution in [1.29, 1.82) is 0 Å². The van der Waals surface area contributed by atoms with E-state index in [2.05, 4.69) is 10.2 Å². The van der Waals surface area contributed by atoms with Crippen LogP contribution in [0.4, 0.5) is 0 Å². The lowest BCUT2D eigenvalue weighted by atomic mass is 10.2. The highest BCUT2D eigenvalue weighted by Gasteiger charge is 2.17. The van der Waals surface area contributed by atoms with Gasteiger partial charge >= 0.3 is 5.97 Å². The third-order valence-electron chi connectivity index (χ3n) is 3.03. The second-order valence-corrected chi connectivity index (χ2v) is 6.40. The molecule has 2 aromatic rings. The van der Waals surface area contributed by atoms with Crippen molar-refractivity contribution in [3.63, 3.8) is 0 Å². The first-order chi connectivity index (χ1) is 10.9. The van der Waals surface area contributed by atoms with Crippen LogP contribution in [-0.4, -0.2) is 32.8 Å². The van der Waals surface area contributed by atoms with Crippen molar-refractivity contribution in [2.45, 2.75) is 18.5 Å². The van der Waals surface area contributed by atoms with Gasteiger partial charge in [0.2, 0.25) is 0 Å². The van der Waals surface area contributed by atoms with Gasteiger partial charge in [0.1, 0.15) is 5.03 Å². The van der Waals surface area contributed by atoms with Crippen LogP contribution in [0, 0.1) is 6.92 Å². The molecule has 6 nitrogen and oxygen atoms in total. The van der Waals surface area contributed by atoms with E-state index in [1.165, 1.54) is 6.21 Å². The first-order valence-corrected chi connectivity index (χ1v) is 8.26. The SMILES string of the molecule is Cc1nn(Cc2c(Cl)cccc2Cl)c(SCC(=O)O)c1/C=N\N. The molecule has 1 aromatic heterocycles. The molecule has 23 heavy (non-hydrogen) atoms. The highest BCUT2D eigenvalue weighted by molar-refractivity contribution is 8.00. The van der Waals surface area contributed by atoms with E-state index in [9.17, 15) is 4.79 Å². The van der Waals surface area contributed by atoms with Gasteiger partial charge in [-0.15, -0.1) is 0 Å². The van der Waals surface area contributed by atoms with E-state index in [-0.39, 0.29) is 5.75 Å². The molecular formula is C14H14Cl2N4O2S. The molecule has 3 N–H and O–H groups in total. The lowest BCUT2D eigenvalue weighted by Gasteiger charge is -2.10. The molecule has 0 radical (unpaired) electrons. The number of aryl methyl sites for hydroxylation is 1. The Kier molecular flexibility index (Phi) is 5.92. The summed E-state index contributed by atoms with van der Waals surface area (Å²) in [5.74, 6) is 4.20. The molecule has 122 valence electrons. The standard InChI is InChI=1S/C14H14Cl2N4O2S/c1-8-9(5-18-17)14(23-7-13(21)22)20(19-8)6-10-11(15)3-2-4-12(10)16/h2-5H,6-7,17H2,1H3,(H,21,22)/b18-5-. The van der Waals surface area contributed by atoms with Crippen LogP contribution in [0.2, 0.25) is 10.0 Å². The van der Waals surface area contributed by atoms with Crippen LogP contribution in [0.1, 0.15) is 16.8 Å². The molecular weight excluding hydrogens is 359 g/mol. The quantitative estimate of drug-likeness (QED) is 0.351. The molecule has 0 spiro atoms. The molecule has 1 aromatic carbocycles. The minimum atomic E-state index is -0.924. The van der Waals surface area contributed by atoms with Gasteiger partial charge in [0, 0.05) is 21.2 Å². The van der Waals surface area contributed by atoms with Crippen LogP contribution >= 0.6 is 35.0 Å². The summed E-state index contributed by atoms with van der Waals surface area (Å²) in [5, 5.41) is 18.6. The summed E-state index contributed by atoms with van der Waals surface area (Å²) in [5.41, 5.74) is 2.09. The highest BCUT2D eigenvalue weighted by Crippen LogP contribution is 2.29. The normalized spacial score (nSPS) is 11.3. The molecule has 0 aliphatic heterocycles. The third kappa shape index (κ3) is 4.19. The van der Waals surface area contributed by atoms with E-state index in [4.69, 9.17) is 34.2 Å². The summed E-state index contributed by atoms with van der Waals surface area (Å²) >= 11 is 13.5. The van der Waals surface area contributed by atoms with Gasteiger partial charge in [-0.05, 0) is 19.1 Å².